The molecule has 12 heteroatoms. The van der Waals surface area contributed by atoms with Crippen molar-refractivity contribution in [2.75, 3.05) is 11.1 Å². The second-order valence-electron chi connectivity index (χ2n) is 8.53. The number of nitro groups is 1. The predicted octanol–water partition coefficient (Wildman–Crippen LogP) is 5.42. The molecule has 0 unspecified atom stereocenters. The molecule has 1 amide bonds. The van der Waals surface area contributed by atoms with Crippen molar-refractivity contribution in [3.05, 3.63) is 92.8 Å². The van der Waals surface area contributed by atoms with Crippen LogP contribution in [0.15, 0.2) is 76.7 Å². The number of thioether (sulfide) groups is 1. The number of hydrogen-bond acceptors (Lipinski definition) is 8. The van der Waals surface area contributed by atoms with E-state index in [9.17, 15) is 19.7 Å². The highest BCUT2D eigenvalue weighted by atomic mass is 32.2. The lowest BCUT2D eigenvalue weighted by molar-refractivity contribution is -0.384. The Morgan fingerprint density at radius 2 is 1.92 bits per heavy atom. The van der Waals surface area contributed by atoms with Crippen LogP contribution in [0.25, 0.3) is 37.8 Å². The highest BCUT2D eigenvalue weighted by Gasteiger charge is 2.19. The maximum atomic E-state index is 13.6. The highest BCUT2D eigenvalue weighted by molar-refractivity contribution is 7.99. The largest absolute Gasteiger partial charge is 0.349 e. The molecule has 0 saturated carbocycles. The van der Waals surface area contributed by atoms with Crippen molar-refractivity contribution in [2.45, 2.75) is 12.1 Å². The number of anilines is 1. The first-order valence-electron chi connectivity index (χ1n) is 11.5. The minimum Gasteiger partial charge on any atom is -0.349 e. The van der Waals surface area contributed by atoms with E-state index < -0.39 is 4.92 Å². The smallest absolute Gasteiger partial charge is 0.283 e. The summed E-state index contributed by atoms with van der Waals surface area (Å²) in [6.45, 7) is 2.00. The number of H-pyrrole nitrogens is 1. The van der Waals surface area contributed by atoms with E-state index in [4.69, 9.17) is 4.98 Å². The van der Waals surface area contributed by atoms with Crippen LogP contribution in [0.3, 0.4) is 0 Å². The zero-order chi connectivity index (χ0) is 26.4. The lowest BCUT2D eigenvalue weighted by Crippen LogP contribution is -2.23. The number of aromatic nitrogens is 4. The fourth-order valence-corrected chi connectivity index (χ4v) is 5.95. The normalized spacial score (nSPS) is 11.4. The van der Waals surface area contributed by atoms with Gasteiger partial charge in [-0.25, -0.2) is 9.97 Å². The summed E-state index contributed by atoms with van der Waals surface area (Å²) in [5, 5.41) is 15.5. The molecule has 3 heterocycles. The maximum Gasteiger partial charge on any atom is 0.283 e. The fraction of sp³-hybridized carbons (Fsp3) is 0.0769. The second-order valence-corrected chi connectivity index (χ2v) is 10.5. The van der Waals surface area contributed by atoms with E-state index in [1.54, 1.807) is 0 Å². The van der Waals surface area contributed by atoms with Crippen molar-refractivity contribution in [1.82, 2.24) is 19.5 Å². The first kappa shape index (κ1) is 23.8. The molecule has 6 aromatic rings. The Labute approximate surface area is 222 Å². The van der Waals surface area contributed by atoms with Gasteiger partial charge in [-0.3, -0.25) is 24.3 Å². The summed E-state index contributed by atoms with van der Waals surface area (Å²) in [6, 6.07) is 19.0. The zero-order valence-electron chi connectivity index (χ0n) is 19.8. The third-order valence-electron chi connectivity index (χ3n) is 5.94. The van der Waals surface area contributed by atoms with E-state index in [1.165, 1.54) is 40.2 Å². The van der Waals surface area contributed by atoms with Gasteiger partial charge in [-0.2, -0.15) is 0 Å². The minimum atomic E-state index is -0.505. The molecule has 188 valence electrons. The Hall–Kier alpha value is -4.55. The third kappa shape index (κ3) is 4.29. The molecule has 0 radical (unpaired) electrons. The fourth-order valence-electron chi connectivity index (χ4n) is 4.16. The van der Waals surface area contributed by atoms with Crippen LogP contribution in [0.1, 0.15) is 5.56 Å². The number of rotatable bonds is 6. The Bertz CT molecular complexity index is 1940. The summed E-state index contributed by atoms with van der Waals surface area (Å²) >= 11 is 2.49. The third-order valence-corrected chi connectivity index (χ3v) is 7.81. The quantitative estimate of drug-likeness (QED) is 0.124. The van der Waals surface area contributed by atoms with Crippen molar-refractivity contribution >= 4 is 72.0 Å². The topological polar surface area (TPSA) is 136 Å². The van der Waals surface area contributed by atoms with E-state index >= 15 is 0 Å². The maximum absolute atomic E-state index is 13.6. The number of fused-ring (bicyclic) bond motifs is 4. The highest BCUT2D eigenvalue weighted by Crippen LogP contribution is 2.29. The van der Waals surface area contributed by atoms with Gasteiger partial charge in [-0.05, 0) is 42.8 Å². The van der Waals surface area contributed by atoms with Gasteiger partial charge in [0.05, 0.1) is 26.6 Å². The zero-order valence-corrected chi connectivity index (χ0v) is 21.4. The molecule has 3 aromatic heterocycles. The Morgan fingerprint density at radius 1 is 1.13 bits per heavy atom. The van der Waals surface area contributed by atoms with Gasteiger partial charge in [0.25, 0.3) is 11.2 Å². The molecule has 0 aliphatic heterocycles. The van der Waals surface area contributed by atoms with E-state index in [2.05, 4.69) is 15.3 Å². The number of aryl methyl sites for hydroxylation is 1. The lowest BCUT2D eigenvalue weighted by Gasteiger charge is -2.12. The van der Waals surface area contributed by atoms with Crippen LogP contribution < -0.4 is 10.9 Å². The van der Waals surface area contributed by atoms with Gasteiger partial charge in [0, 0.05) is 23.0 Å². The van der Waals surface area contributed by atoms with Gasteiger partial charge in [-0.15, -0.1) is 0 Å². The van der Waals surface area contributed by atoms with E-state index in [1.807, 2.05) is 49.4 Å². The summed E-state index contributed by atoms with van der Waals surface area (Å²) < 4.78 is 2.34. The van der Waals surface area contributed by atoms with Crippen LogP contribution in [0.5, 0.6) is 0 Å². The van der Waals surface area contributed by atoms with Crippen LogP contribution in [-0.4, -0.2) is 36.1 Å². The molecule has 0 aliphatic carbocycles. The molecule has 2 N–H and O–H groups in total. The average molecular weight is 543 g/mol. The molecule has 10 nitrogen and oxygen atoms in total. The number of benzene rings is 3. The van der Waals surface area contributed by atoms with Crippen LogP contribution in [0, 0.1) is 17.0 Å². The number of amides is 1. The van der Waals surface area contributed by atoms with Crippen molar-refractivity contribution in [3.63, 3.8) is 0 Å². The number of carbonyl (C=O) groups is 1. The van der Waals surface area contributed by atoms with Crippen molar-refractivity contribution < 1.29 is 9.72 Å². The molecule has 0 bridgehead atoms. The Morgan fingerprint density at radius 3 is 2.71 bits per heavy atom. The van der Waals surface area contributed by atoms with Crippen molar-refractivity contribution in [3.8, 4) is 5.69 Å². The lowest BCUT2D eigenvalue weighted by atomic mass is 10.2. The van der Waals surface area contributed by atoms with Gasteiger partial charge < -0.3 is 10.3 Å². The SMILES string of the molecule is Cc1ccc2nc(NC(=O)CSc3nc4c([nH]c5ccccc54)c(=O)n3-c3ccc([N+](=O)[O-])cc3)sc2c1. The number of non-ortho nitro benzene ring substituents is 1. The number of aromatic amines is 1. The van der Waals surface area contributed by atoms with Crippen LogP contribution in [-0.2, 0) is 4.79 Å². The van der Waals surface area contributed by atoms with E-state index in [0.29, 0.717) is 21.9 Å². The Kier molecular flexibility index (Phi) is 5.89. The number of nitrogens with zero attached hydrogens (tertiary/aromatic N) is 4. The molecule has 3 aromatic carbocycles. The number of nitro benzene ring substituents is 1. The van der Waals surface area contributed by atoms with Gasteiger partial charge in [0.2, 0.25) is 5.91 Å². The molecule has 38 heavy (non-hydrogen) atoms. The first-order chi connectivity index (χ1) is 18.4. The standard InChI is InChI=1S/C26H18N6O4S2/c1-14-6-11-19-20(12-14)38-25(28-19)29-21(33)13-37-26-30-22-17-4-2-3-5-18(17)27-23(22)24(34)31(26)15-7-9-16(10-8-15)32(35)36/h2-12,27H,13H2,1H3,(H,28,29,33). The molecule has 0 spiro atoms. The molecule has 0 saturated heterocycles. The summed E-state index contributed by atoms with van der Waals surface area (Å²) in [5.74, 6) is -0.323. The summed E-state index contributed by atoms with van der Waals surface area (Å²) in [5.41, 5.74) is 3.41. The molecule has 0 aliphatic rings. The number of hydrogen-bond donors (Lipinski definition) is 2. The summed E-state index contributed by atoms with van der Waals surface area (Å²) in [6.07, 6.45) is 0. The molecule has 6 rings (SSSR count). The minimum absolute atomic E-state index is 0.0256. The summed E-state index contributed by atoms with van der Waals surface area (Å²) in [4.78, 5) is 49.4. The molecule has 0 atom stereocenters. The number of thiazole rings is 1. The van der Waals surface area contributed by atoms with Crippen LogP contribution in [0.2, 0.25) is 0 Å². The van der Waals surface area contributed by atoms with Gasteiger partial charge in [-0.1, -0.05) is 47.4 Å². The average Bonchev–Trinajstić information content (AvgIpc) is 3.48. The van der Waals surface area contributed by atoms with E-state index in [0.717, 1.165) is 38.4 Å². The van der Waals surface area contributed by atoms with Crippen molar-refractivity contribution in [2.24, 2.45) is 0 Å². The van der Waals surface area contributed by atoms with E-state index in [-0.39, 0.29) is 28.1 Å². The van der Waals surface area contributed by atoms with Crippen molar-refractivity contribution in [1.29, 1.82) is 0 Å². The first-order valence-corrected chi connectivity index (χ1v) is 13.3. The molecular weight excluding hydrogens is 524 g/mol. The second kappa shape index (κ2) is 9.39. The van der Waals surface area contributed by atoms with Crippen LogP contribution >= 0.6 is 23.1 Å². The predicted molar refractivity (Wildman–Crippen MR) is 150 cm³/mol. The summed E-state index contributed by atoms with van der Waals surface area (Å²) in [7, 11) is 0. The Balaban J connectivity index is 1.36. The number of carbonyl (C=O) groups excluding carboxylic acids is 1. The number of para-hydroxylation sites is 1. The van der Waals surface area contributed by atoms with Gasteiger partial charge >= 0.3 is 0 Å². The molecule has 0 fully saturated rings. The van der Waals surface area contributed by atoms with Crippen LogP contribution in [0.4, 0.5) is 10.8 Å². The number of nitrogens with one attached hydrogen (secondary N) is 2. The van der Waals surface area contributed by atoms with Gasteiger partial charge in [0.1, 0.15) is 11.0 Å². The monoisotopic (exact) mass is 542 g/mol. The van der Waals surface area contributed by atoms with Gasteiger partial charge in [0.15, 0.2) is 10.3 Å². The molecular formula is C26H18N6O4S2.